The number of nitriles is 1. The fourth-order valence-corrected chi connectivity index (χ4v) is 4.94. The Labute approximate surface area is 211 Å². The molecular formula is C26H31ClN6O2. The number of anilines is 2. The van der Waals surface area contributed by atoms with Crippen LogP contribution in [0.15, 0.2) is 36.4 Å². The van der Waals surface area contributed by atoms with Crippen LogP contribution in [0.3, 0.4) is 0 Å². The predicted octanol–water partition coefficient (Wildman–Crippen LogP) is 2.64. The maximum atomic E-state index is 12.7. The highest BCUT2D eigenvalue weighted by Crippen LogP contribution is 2.31. The van der Waals surface area contributed by atoms with Gasteiger partial charge in [0.05, 0.1) is 17.3 Å². The number of carbonyl (C=O) groups is 2. The summed E-state index contributed by atoms with van der Waals surface area (Å²) >= 11 is 5.99. The molecule has 1 saturated heterocycles. The minimum absolute atomic E-state index is 0.0428. The van der Waals surface area contributed by atoms with Gasteiger partial charge in [-0.15, -0.1) is 0 Å². The average Bonchev–Trinajstić information content (AvgIpc) is 2.85. The van der Waals surface area contributed by atoms with E-state index in [1.54, 1.807) is 6.07 Å². The number of rotatable bonds is 5. The van der Waals surface area contributed by atoms with E-state index in [1.165, 1.54) is 23.4 Å². The van der Waals surface area contributed by atoms with Gasteiger partial charge in [-0.25, -0.2) is 0 Å². The molecule has 2 aliphatic rings. The fourth-order valence-electron chi connectivity index (χ4n) is 4.77. The van der Waals surface area contributed by atoms with Gasteiger partial charge in [0.1, 0.15) is 6.07 Å². The lowest BCUT2D eigenvalue weighted by molar-refractivity contribution is -0.136. The molecule has 1 atom stereocenters. The van der Waals surface area contributed by atoms with Crippen molar-refractivity contribution in [2.75, 3.05) is 63.6 Å². The van der Waals surface area contributed by atoms with Gasteiger partial charge in [-0.2, -0.15) is 5.26 Å². The Balaban J connectivity index is 1.49. The Hall–Kier alpha value is -3.12. The minimum atomic E-state index is -0.826. The van der Waals surface area contributed by atoms with Crippen LogP contribution in [0.5, 0.6) is 0 Å². The molecule has 2 heterocycles. The summed E-state index contributed by atoms with van der Waals surface area (Å²) in [7, 11) is 4.23. The molecule has 2 aliphatic heterocycles. The molecule has 2 aromatic carbocycles. The van der Waals surface area contributed by atoms with Crippen LogP contribution in [-0.4, -0.2) is 75.0 Å². The largest absolute Gasteiger partial charge is 0.374 e. The van der Waals surface area contributed by atoms with Gasteiger partial charge in [-0.1, -0.05) is 23.7 Å². The number of nitrogens with zero attached hydrogens (tertiary/aromatic N) is 4. The van der Waals surface area contributed by atoms with Gasteiger partial charge in [-0.3, -0.25) is 14.5 Å². The zero-order valence-electron chi connectivity index (χ0n) is 20.2. The van der Waals surface area contributed by atoms with Crippen LogP contribution in [0.1, 0.15) is 29.2 Å². The molecule has 1 fully saturated rings. The summed E-state index contributed by atoms with van der Waals surface area (Å²) in [6.45, 7) is 5.03. The number of fused-ring (bicyclic) bond motifs is 1. The standard InChI is InChI=1S/C26H31ClN6O2/c1-31-10-12-33(13-11-31)24(19-6-8-23-18(14-19)4-3-9-32(23)2)17-29-25(34)26(35)30-22-15-21(27)7-5-20(22)16-28/h5-8,14-15,24H,3-4,9-13,17H2,1-2H3,(H,29,34)(H,30,35). The van der Waals surface area contributed by atoms with Crippen LogP contribution in [0.2, 0.25) is 5.02 Å². The molecule has 2 N–H and O–H groups in total. The molecule has 9 heteroatoms. The van der Waals surface area contributed by atoms with Crippen molar-refractivity contribution < 1.29 is 9.59 Å². The van der Waals surface area contributed by atoms with E-state index in [4.69, 9.17) is 11.6 Å². The Kier molecular flexibility index (Phi) is 7.91. The van der Waals surface area contributed by atoms with E-state index in [0.717, 1.165) is 51.1 Å². The fraction of sp³-hybridized carbons (Fsp3) is 0.423. The first-order valence-corrected chi connectivity index (χ1v) is 12.3. The number of hydrogen-bond donors (Lipinski definition) is 2. The third-order valence-electron chi connectivity index (χ3n) is 6.83. The molecule has 2 aromatic rings. The summed E-state index contributed by atoms with van der Waals surface area (Å²) in [5.41, 5.74) is 4.19. The first kappa shape index (κ1) is 25.0. The second-order valence-corrected chi connectivity index (χ2v) is 9.67. The van der Waals surface area contributed by atoms with Gasteiger partial charge in [0.25, 0.3) is 0 Å². The van der Waals surface area contributed by atoms with E-state index in [-0.39, 0.29) is 17.3 Å². The molecule has 0 aliphatic carbocycles. The van der Waals surface area contributed by atoms with Gasteiger partial charge >= 0.3 is 11.8 Å². The number of hydrogen-bond acceptors (Lipinski definition) is 6. The van der Waals surface area contributed by atoms with E-state index >= 15 is 0 Å². The van der Waals surface area contributed by atoms with E-state index in [0.29, 0.717) is 11.6 Å². The monoisotopic (exact) mass is 494 g/mol. The van der Waals surface area contributed by atoms with Crippen molar-refractivity contribution in [3.05, 3.63) is 58.1 Å². The normalized spacial score (nSPS) is 17.3. The summed E-state index contributed by atoms with van der Waals surface area (Å²) in [5, 5.41) is 15.0. The van der Waals surface area contributed by atoms with E-state index in [9.17, 15) is 14.9 Å². The summed E-state index contributed by atoms with van der Waals surface area (Å²) < 4.78 is 0. The summed E-state index contributed by atoms with van der Waals surface area (Å²) in [4.78, 5) is 32.2. The number of halogens is 1. The maximum absolute atomic E-state index is 12.7. The Morgan fingerprint density at radius 3 is 2.57 bits per heavy atom. The molecule has 0 aromatic heterocycles. The first-order chi connectivity index (χ1) is 16.9. The van der Waals surface area contributed by atoms with Gasteiger partial charge in [0.15, 0.2) is 0 Å². The second kappa shape index (κ2) is 11.1. The number of likely N-dealkylation sites (N-methyl/N-ethyl adjacent to an activating group) is 1. The molecule has 0 radical (unpaired) electrons. The minimum Gasteiger partial charge on any atom is -0.374 e. The number of nitrogens with one attached hydrogen (secondary N) is 2. The number of piperazine rings is 1. The number of benzene rings is 2. The predicted molar refractivity (Wildman–Crippen MR) is 138 cm³/mol. The lowest BCUT2D eigenvalue weighted by Crippen LogP contribution is -2.49. The number of carbonyl (C=O) groups excluding carboxylic acids is 2. The molecule has 0 saturated carbocycles. The number of amides is 2. The Morgan fingerprint density at radius 1 is 1.06 bits per heavy atom. The molecular weight excluding hydrogens is 464 g/mol. The third kappa shape index (κ3) is 5.93. The van der Waals surface area contributed by atoms with Gasteiger partial charge < -0.3 is 20.4 Å². The third-order valence-corrected chi connectivity index (χ3v) is 7.07. The highest BCUT2D eigenvalue weighted by Gasteiger charge is 2.27. The molecule has 1 unspecified atom stereocenters. The van der Waals surface area contributed by atoms with Crippen molar-refractivity contribution in [3.63, 3.8) is 0 Å². The zero-order valence-corrected chi connectivity index (χ0v) is 20.9. The molecule has 8 nitrogen and oxygen atoms in total. The summed E-state index contributed by atoms with van der Waals surface area (Å²) in [6, 6.07) is 13.0. The topological polar surface area (TPSA) is 91.7 Å². The molecule has 0 bridgehead atoms. The highest BCUT2D eigenvalue weighted by molar-refractivity contribution is 6.40. The van der Waals surface area contributed by atoms with Crippen LogP contribution in [-0.2, 0) is 16.0 Å². The van der Waals surface area contributed by atoms with E-state index in [2.05, 4.69) is 57.6 Å². The van der Waals surface area contributed by atoms with Crippen LogP contribution >= 0.6 is 11.6 Å². The Bertz CT molecular complexity index is 1140. The van der Waals surface area contributed by atoms with E-state index in [1.807, 2.05) is 6.07 Å². The highest BCUT2D eigenvalue weighted by atomic mass is 35.5. The van der Waals surface area contributed by atoms with E-state index < -0.39 is 11.8 Å². The SMILES string of the molecule is CN1CCN(C(CNC(=O)C(=O)Nc2cc(Cl)ccc2C#N)c2ccc3c(c2)CCCN3C)CC1. The summed E-state index contributed by atoms with van der Waals surface area (Å²) in [5.74, 6) is -1.57. The molecule has 4 rings (SSSR count). The number of aryl methyl sites for hydroxylation is 1. The Morgan fingerprint density at radius 2 is 1.83 bits per heavy atom. The quantitative estimate of drug-likeness (QED) is 0.621. The van der Waals surface area contributed by atoms with Crippen molar-refractivity contribution in [1.29, 1.82) is 5.26 Å². The lowest BCUT2D eigenvalue weighted by Gasteiger charge is -2.39. The molecule has 2 amide bonds. The second-order valence-electron chi connectivity index (χ2n) is 9.23. The van der Waals surface area contributed by atoms with Crippen molar-refractivity contribution in [1.82, 2.24) is 15.1 Å². The van der Waals surface area contributed by atoms with Crippen LogP contribution in [0.25, 0.3) is 0 Å². The molecule has 0 spiro atoms. The average molecular weight is 495 g/mol. The molecule has 184 valence electrons. The van der Waals surface area contributed by atoms with Gasteiger partial charge in [-0.05, 0) is 55.3 Å². The smallest absolute Gasteiger partial charge is 0.313 e. The summed E-state index contributed by atoms with van der Waals surface area (Å²) in [6.07, 6.45) is 2.16. The van der Waals surface area contributed by atoms with Crippen LogP contribution in [0.4, 0.5) is 11.4 Å². The van der Waals surface area contributed by atoms with Crippen molar-refractivity contribution >= 4 is 34.8 Å². The van der Waals surface area contributed by atoms with Crippen molar-refractivity contribution in [2.24, 2.45) is 0 Å². The molecule has 35 heavy (non-hydrogen) atoms. The maximum Gasteiger partial charge on any atom is 0.313 e. The van der Waals surface area contributed by atoms with Crippen LogP contribution < -0.4 is 15.5 Å². The van der Waals surface area contributed by atoms with Crippen molar-refractivity contribution in [2.45, 2.75) is 18.9 Å². The van der Waals surface area contributed by atoms with Gasteiger partial charge in [0, 0.05) is 57.0 Å². The van der Waals surface area contributed by atoms with Gasteiger partial charge in [0.2, 0.25) is 0 Å². The van der Waals surface area contributed by atoms with Crippen molar-refractivity contribution in [3.8, 4) is 6.07 Å². The zero-order chi connectivity index (χ0) is 24.9. The van der Waals surface area contributed by atoms with Crippen LogP contribution in [0, 0.1) is 11.3 Å². The lowest BCUT2D eigenvalue weighted by atomic mass is 9.95. The first-order valence-electron chi connectivity index (χ1n) is 11.9.